The van der Waals surface area contributed by atoms with Gasteiger partial charge in [0.1, 0.15) is 11.8 Å². The third-order valence-electron chi connectivity index (χ3n) is 8.76. The summed E-state index contributed by atoms with van der Waals surface area (Å²) < 4.78 is 53.8. The quantitative estimate of drug-likeness (QED) is 0.464. The van der Waals surface area contributed by atoms with Crippen molar-refractivity contribution in [3.05, 3.63) is 0 Å². The highest BCUT2D eigenvalue weighted by Gasteiger charge is 2.54. The third-order valence-corrected chi connectivity index (χ3v) is 8.76. The lowest BCUT2D eigenvalue weighted by Gasteiger charge is -2.46. The Morgan fingerprint density at radius 2 is 1.70 bits per heavy atom. The molecule has 190 valence electrons. The fourth-order valence-electron chi connectivity index (χ4n) is 6.90. The first kappa shape index (κ1) is 24.2. The Morgan fingerprint density at radius 1 is 0.909 bits per heavy atom. The van der Waals surface area contributed by atoms with Gasteiger partial charge in [-0.05, 0) is 63.8 Å². The summed E-state index contributed by atoms with van der Waals surface area (Å²) in [6, 6.07) is -0.0685. The largest absolute Gasteiger partial charge is 0.394 e. The second-order valence-corrected chi connectivity index (χ2v) is 10.7. The van der Waals surface area contributed by atoms with Crippen molar-refractivity contribution >= 4 is 0 Å². The molecule has 7 atom stereocenters. The van der Waals surface area contributed by atoms with Crippen LogP contribution >= 0.6 is 0 Å². The van der Waals surface area contributed by atoms with Gasteiger partial charge in [-0.3, -0.25) is 10.2 Å². The van der Waals surface area contributed by atoms with Gasteiger partial charge in [-0.2, -0.15) is 13.2 Å². The average Bonchev–Trinajstić information content (AvgIpc) is 3.48. The minimum absolute atomic E-state index is 0.0733. The van der Waals surface area contributed by atoms with E-state index in [1.54, 1.807) is 0 Å². The van der Waals surface area contributed by atoms with Crippen LogP contribution in [0, 0.1) is 11.8 Å². The zero-order valence-electron chi connectivity index (χ0n) is 19.3. The molecular weight excluding hydrogens is 437 g/mol. The minimum atomic E-state index is -4.23. The van der Waals surface area contributed by atoms with Crippen LogP contribution in [-0.4, -0.2) is 72.2 Å². The van der Waals surface area contributed by atoms with Crippen LogP contribution in [-0.2, 0) is 9.47 Å². The van der Waals surface area contributed by atoms with Crippen molar-refractivity contribution in [2.45, 2.75) is 113 Å². The molecule has 0 saturated carbocycles. The fourth-order valence-corrected chi connectivity index (χ4v) is 6.90. The number of ether oxygens (including phenoxy) is 2. The van der Waals surface area contributed by atoms with Crippen molar-refractivity contribution in [3.8, 4) is 0 Å². The first-order valence-electron chi connectivity index (χ1n) is 12.9. The normalized spacial score (nSPS) is 44.4. The smallest absolute Gasteiger partial charge is 0.385 e. The predicted octanol–water partition coefficient (Wildman–Crippen LogP) is 2.61. The predicted molar refractivity (Wildman–Crippen MR) is 116 cm³/mol. The van der Waals surface area contributed by atoms with Crippen LogP contribution in [0.1, 0.15) is 70.6 Å². The fraction of sp³-hybridized carbons (Fsp3) is 1.00. The standard InChI is InChI=1S/C23H39F3N4O3/c24-23(25,26)17-7-8-18-20-28-29-21(33-20)22(31,15-9-13-32-14-10-15)11-3-1-2-5-16-6-4-12-30(16)19(17)27-18/h15-21,27-29,31H,1-14H2/t16-,17?,18?,19?,20?,21?,22?/m1/s1. The van der Waals surface area contributed by atoms with Crippen LogP contribution in [0.2, 0.25) is 0 Å². The van der Waals surface area contributed by atoms with Crippen molar-refractivity contribution in [2.75, 3.05) is 19.8 Å². The van der Waals surface area contributed by atoms with Gasteiger partial charge in [0.25, 0.3) is 0 Å². The average molecular weight is 477 g/mol. The number of hydrazine groups is 1. The molecule has 5 heterocycles. The first-order chi connectivity index (χ1) is 15.9. The van der Waals surface area contributed by atoms with Gasteiger partial charge in [-0.15, -0.1) is 0 Å². The molecule has 10 heteroatoms. The summed E-state index contributed by atoms with van der Waals surface area (Å²) in [5.74, 6) is -1.30. The van der Waals surface area contributed by atoms with E-state index >= 15 is 0 Å². The van der Waals surface area contributed by atoms with Crippen molar-refractivity contribution < 1.29 is 27.8 Å². The SMILES string of the molecule is OC1(C2CCOCC2)CCCCC[C@@H]2CCCN2C2NC(CCC2C(F)(F)F)C2NNC1O2. The van der Waals surface area contributed by atoms with Gasteiger partial charge >= 0.3 is 6.18 Å². The number of aliphatic hydroxyl groups is 1. The molecule has 5 fully saturated rings. The van der Waals surface area contributed by atoms with E-state index in [1.807, 2.05) is 0 Å². The molecule has 6 unspecified atom stereocenters. The second-order valence-electron chi connectivity index (χ2n) is 10.7. The maximum atomic E-state index is 14.0. The summed E-state index contributed by atoms with van der Waals surface area (Å²) in [6.45, 7) is 1.99. The van der Waals surface area contributed by atoms with Gasteiger partial charge < -0.3 is 14.6 Å². The number of nitrogens with one attached hydrogen (secondary N) is 3. The number of rotatable bonds is 1. The molecule has 5 aliphatic heterocycles. The van der Waals surface area contributed by atoms with Crippen molar-refractivity contribution in [3.63, 3.8) is 0 Å². The van der Waals surface area contributed by atoms with Gasteiger partial charge in [0.15, 0.2) is 6.23 Å². The first-order valence-corrected chi connectivity index (χ1v) is 12.9. The van der Waals surface area contributed by atoms with Crippen LogP contribution in [0.5, 0.6) is 0 Å². The summed E-state index contributed by atoms with van der Waals surface area (Å²) >= 11 is 0. The molecule has 0 aliphatic carbocycles. The topological polar surface area (TPSA) is 78.0 Å². The van der Waals surface area contributed by atoms with E-state index in [0.717, 1.165) is 51.4 Å². The maximum Gasteiger partial charge on any atom is 0.394 e. The second kappa shape index (κ2) is 9.87. The molecule has 0 amide bonds. The van der Waals surface area contributed by atoms with Crippen LogP contribution in [0.4, 0.5) is 13.2 Å². The zero-order valence-corrected chi connectivity index (χ0v) is 19.3. The number of hydrogen-bond acceptors (Lipinski definition) is 7. The molecule has 0 spiro atoms. The Balaban J connectivity index is 1.39. The highest BCUT2D eigenvalue weighted by atomic mass is 19.4. The highest BCUT2D eigenvalue weighted by molar-refractivity contribution is 5.00. The molecule has 5 rings (SSSR count). The van der Waals surface area contributed by atoms with E-state index in [0.29, 0.717) is 32.6 Å². The summed E-state index contributed by atoms with van der Waals surface area (Å²) in [6.07, 6.45) is 2.30. The van der Waals surface area contributed by atoms with E-state index in [-0.39, 0.29) is 24.4 Å². The Labute approximate surface area is 194 Å². The van der Waals surface area contributed by atoms with E-state index in [4.69, 9.17) is 9.47 Å². The number of hydrogen-bond donors (Lipinski definition) is 4. The Hall–Kier alpha value is -0.490. The van der Waals surface area contributed by atoms with Gasteiger partial charge in [-0.25, -0.2) is 10.9 Å². The number of fused-ring (bicyclic) bond motifs is 7. The number of piperidine rings is 1. The summed E-state index contributed by atoms with van der Waals surface area (Å²) in [5.41, 5.74) is 5.30. The van der Waals surface area contributed by atoms with Crippen LogP contribution in [0.25, 0.3) is 0 Å². The Kier molecular flexibility index (Phi) is 7.24. The molecule has 0 aromatic rings. The van der Waals surface area contributed by atoms with E-state index in [1.165, 1.54) is 0 Å². The number of alkyl halides is 3. The zero-order chi connectivity index (χ0) is 23.1. The summed E-state index contributed by atoms with van der Waals surface area (Å²) in [5, 5.41) is 15.2. The molecular formula is C23H39F3N4O3. The van der Waals surface area contributed by atoms with E-state index in [2.05, 4.69) is 21.1 Å². The molecule has 5 saturated heterocycles. The lowest BCUT2D eigenvalue weighted by molar-refractivity contribution is -0.211. The van der Waals surface area contributed by atoms with Crippen LogP contribution in [0.3, 0.4) is 0 Å². The minimum Gasteiger partial charge on any atom is -0.385 e. The monoisotopic (exact) mass is 476 g/mol. The van der Waals surface area contributed by atoms with Gasteiger partial charge in [0.2, 0.25) is 0 Å². The Morgan fingerprint density at radius 3 is 2.48 bits per heavy atom. The number of halogens is 3. The summed E-state index contributed by atoms with van der Waals surface area (Å²) in [4.78, 5) is 2.09. The Bertz CT molecular complexity index is 665. The maximum absolute atomic E-state index is 14.0. The van der Waals surface area contributed by atoms with Crippen molar-refractivity contribution in [1.82, 2.24) is 21.1 Å². The molecule has 0 aromatic heterocycles. The highest BCUT2D eigenvalue weighted by Crippen LogP contribution is 2.42. The third kappa shape index (κ3) is 4.94. The van der Waals surface area contributed by atoms with Gasteiger partial charge in [-0.1, -0.05) is 19.3 Å². The lowest BCUT2D eigenvalue weighted by Crippen LogP contribution is -2.64. The molecule has 5 aliphatic rings. The van der Waals surface area contributed by atoms with Crippen molar-refractivity contribution in [1.29, 1.82) is 0 Å². The number of nitrogens with zero attached hydrogens (tertiary/aromatic N) is 1. The molecule has 7 nitrogen and oxygen atoms in total. The lowest BCUT2D eigenvalue weighted by atomic mass is 9.77. The van der Waals surface area contributed by atoms with Crippen LogP contribution < -0.4 is 16.2 Å². The van der Waals surface area contributed by atoms with E-state index < -0.39 is 36.3 Å². The molecule has 33 heavy (non-hydrogen) atoms. The van der Waals surface area contributed by atoms with E-state index in [9.17, 15) is 18.3 Å². The van der Waals surface area contributed by atoms with Crippen molar-refractivity contribution in [2.24, 2.45) is 11.8 Å². The molecule has 0 radical (unpaired) electrons. The molecule has 0 aromatic carbocycles. The molecule has 4 bridgehead atoms. The van der Waals surface area contributed by atoms with Gasteiger partial charge in [0.05, 0.1) is 12.1 Å². The molecule has 4 N–H and O–H groups in total. The van der Waals surface area contributed by atoms with Gasteiger partial charge in [0, 0.05) is 25.3 Å². The summed E-state index contributed by atoms with van der Waals surface area (Å²) in [7, 11) is 0. The van der Waals surface area contributed by atoms with Crippen LogP contribution in [0.15, 0.2) is 0 Å².